The van der Waals surface area contributed by atoms with Crippen molar-refractivity contribution in [2.75, 3.05) is 5.75 Å². The molecule has 0 spiro atoms. The third-order valence-electron chi connectivity index (χ3n) is 7.13. The lowest BCUT2D eigenvalue weighted by Crippen LogP contribution is -2.27. The van der Waals surface area contributed by atoms with Crippen LogP contribution in [0.25, 0.3) is 15.9 Å². The lowest BCUT2D eigenvalue weighted by Gasteiger charge is -2.33. The van der Waals surface area contributed by atoms with Gasteiger partial charge in [0.25, 0.3) is 5.56 Å². The molecule has 1 aliphatic rings. The number of para-hydroxylation sites is 1. The first-order chi connectivity index (χ1) is 17.1. The van der Waals surface area contributed by atoms with Crippen molar-refractivity contribution in [1.82, 2.24) is 9.55 Å². The van der Waals surface area contributed by atoms with E-state index in [1.807, 2.05) is 55.5 Å². The van der Waals surface area contributed by atoms with Gasteiger partial charge in [0.2, 0.25) is 0 Å². The quantitative estimate of drug-likeness (QED) is 0.138. The average molecular weight is 582 g/mol. The van der Waals surface area contributed by atoms with Crippen LogP contribution in [0, 0.1) is 18.3 Å². The molecule has 7 heteroatoms. The van der Waals surface area contributed by atoms with Crippen LogP contribution >= 0.6 is 39.0 Å². The van der Waals surface area contributed by atoms with Gasteiger partial charge in [0.15, 0.2) is 10.9 Å². The number of carbonyl (C=O) groups excluding carboxylic acids is 1. The zero-order valence-electron chi connectivity index (χ0n) is 20.9. The molecule has 4 nitrogen and oxygen atoms in total. The van der Waals surface area contributed by atoms with Gasteiger partial charge in [-0.15, -0.1) is 11.3 Å². The van der Waals surface area contributed by atoms with Crippen molar-refractivity contribution in [3.05, 3.63) is 84.9 Å². The molecular formula is C29H29BrN2O2S2. The van der Waals surface area contributed by atoms with Crippen LogP contribution in [0.3, 0.4) is 0 Å². The van der Waals surface area contributed by atoms with Crippen molar-refractivity contribution < 1.29 is 4.79 Å². The van der Waals surface area contributed by atoms with Crippen molar-refractivity contribution in [2.24, 2.45) is 11.3 Å². The number of aryl methyl sites for hydroxylation is 2. The summed E-state index contributed by atoms with van der Waals surface area (Å²) in [6.07, 6.45) is 3.00. The topological polar surface area (TPSA) is 52.0 Å². The van der Waals surface area contributed by atoms with E-state index in [1.54, 1.807) is 15.9 Å². The lowest BCUT2D eigenvalue weighted by atomic mass is 9.72. The highest BCUT2D eigenvalue weighted by atomic mass is 79.9. The number of halogens is 1. The Labute approximate surface area is 228 Å². The Kier molecular flexibility index (Phi) is 7.01. The van der Waals surface area contributed by atoms with Gasteiger partial charge in [-0.05, 0) is 66.8 Å². The van der Waals surface area contributed by atoms with E-state index in [4.69, 9.17) is 4.98 Å². The zero-order valence-corrected chi connectivity index (χ0v) is 24.1. The molecule has 2 aromatic heterocycles. The molecule has 0 bridgehead atoms. The van der Waals surface area contributed by atoms with Crippen molar-refractivity contribution in [1.29, 1.82) is 0 Å². The Morgan fingerprint density at radius 1 is 1.17 bits per heavy atom. The number of ketones is 1. The number of hydrogen-bond acceptors (Lipinski definition) is 5. The number of aromatic nitrogens is 2. The third-order valence-corrected chi connectivity index (χ3v) is 9.75. The number of Topliss-reactive ketones (excluding diaryl/α,β-unsaturated/α-hetero) is 1. The average Bonchev–Trinajstić information content (AvgIpc) is 3.21. The first-order valence-electron chi connectivity index (χ1n) is 12.2. The summed E-state index contributed by atoms with van der Waals surface area (Å²) in [6.45, 7) is 8.91. The van der Waals surface area contributed by atoms with Crippen LogP contribution in [0.5, 0.6) is 0 Å². The first-order valence-corrected chi connectivity index (χ1v) is 14.8. The minimum atomic E-state index is -0.0281. The highest BCUT2D eigenvalue weighted by Crippen LogP contribution is 2.42. The van der Waals surface area contributed by atoms with Gasteiger partial charge in [0.1, 0.15) is 4.83 Å². The van der Waals surface area contributed by atoms with E-state index in [0.29, 0.717) is 16.6 Å². The summed E-state index contributed by atoms with van der Waals surface area (Å²) in [5.41, 5.74) is 3.85. The van der Waals surface area contributed by atoms with Crippen LogP contribution in [0.1, 0.15) is 53.6 Å². The van der Waals surface area contributed by atoms with Crippen LogP contribution in [-0.4, -0.2) is 21.1 Å². The van der Waals surface area contributed by atoms with Gasteiger partial charge in [-0.25, -0.2) is 4.98 Å². The molecule has 0 aliphatic heterocycles. The fourth-order valence-corrected chi connectivity index (χ4v) is 7.42. The number of carbonyl (C=O) groups is 1. The van der Waals surface area contributed by atoms with Gasteiger partial charge in [0.05, 0.1) is 16.8 Å². The van der Waals surface area contributed by atoms with Gasteiger partial charge in [-0.1, -0.05) is 78.8 Å². The molecule has 0 saturated heterocycles. The number of rotatable bonds is 5. The molecule has 5 rings (SSSR count). The number of nitrogens with zero attached hydrogens (tertiary/aromatic N) is 2. The molecule has 36 heavy (non-hydrogen) atoms. The maximum Gasteiger partial charge on any atom is 0.267 e. The first kappa shape index (κ1) is 25.4. The smallest absolute Gasteiger partial charge is 0.267 e. The van der Waals surface area contributed by atoms with Crippen LogP contribution < -0.4 is 5.56 Å². The van der Waals surface area contributed by atoms with Gasteiger partial charge in [-0.2, -0.15) is 0 Å². The second kappa shape index (κ2) is 9.92. The van der Waals surface area contributed by atoms with Crippen LogP contribution in [0.2, 0.25) is 0 Å². The van der Waals surface area contributed by atoms with Crippen LogP contribution in [0.4, 0.5) is 0 Å². The molecule has 1 atom stereocenters. The summed E-state index contributed by atoms with van der Waals surface area (Å²) in [6, 6.07) is 15.2. The van der Waals surface area contributed by atoms with E-state index >= 15 is 0 Å². The van der Waals surface area contributed by atoms with Gasteiger partial charge in [-0.3, -0.25) is 14.2 Å². The lowest BCUT2D eigenvalue weighted by molar-refractivity contribution is 0.102. The molecule has 2 heterocycles. The molecule has 0 amide bonds. The van der Waals surface area contributed by atoms with Crippen molar-refractivity contribution in [3.63, 3.8) is 0 Å². The number of fused-ring (bicyclic) bond motifs is 3. The van der Waals surface area contributed by atoms with E-state index < -0.39 is 0 Å². The molecule has 1 aliphatic carbocycles. The van der Waals surface area contributed by atoms with Gasteiger partial charge in [0, 0.05) is 14.9 Å². The second-order valence-electron chi connectivity index (χ2n) is 10.5. The van der Waals surface area contributed by atoms with Crippen LogP contribution in [0.15, 0.2) is 63.0 Å². The van der Waals surface area contributed by atoms with Crippen molar-refractivity contribution in [2.45, 2.75) is 52.1 Å². The Morgan fingerprint density at radius 3 is 2.58 bits per heavy atom. The molecule has 0 N–H and O–H groups in total. The molecule has 0 fully saturated rings. The fraction of sp³-hybridized carbons (Fsp3) is 0.345. The normalized spacial score (nSPS) is 15.8. The summed E-state index contributed by atoms with van der Waals surface area (Å²) in [5, 5.41) is 1.33. The maximum atomic E-state index is 14.1. The van der Waals surface area contributed by atoms with Crippen molar-refractivity contribution >= 4 is 55.0 Å². The summed E-state index contributed by atoms with van der Waals surface area (Å²) < 4.78 is 2.66. The van der Waals surface area contributed by atoms with Gasteiger partial charge < -0.3 is 0 Å². The number of thiophene rings is 1. The zero-order chi connectivity index (χ0) is 25.6. The Hall–Kier alpha value is -2.22. The van der Waals surface area contributed by atoms with Gasteiger partial charge >= 0.3 is 0 Å². The van der Waals surface area contributed by atoms with E-state index in [9.17, 15) is 9.59 Å². The monoisotopic (exact) mass is 580 g/mol. The number of hydrogen-bond donors (Lipinski definition) is 0. The summed E-state index contributed by atoms with van der Waals surface area (Å²) in [7, 11) is 0. The predicted octanol–water partition coefficient (Wildman–Crippen LogP) is 7.64. The van der Waals surface area contributed by atoms with Crippen molar-refractivity contribution in [3.8, 4) is 5.69 Å². The Morgan fingerprint density at radius 2 is 1.89 bits per heavy atom. The molecule has 4 aromatic rings. The minimum absolute atomic E-state index is 0.0108. The van der Waals surface area contributed by atoms with E-state index in [2.05, 4.69) is 36.7 Å². The third kappa shape index (κ3) is 4.85. The highest BCUT2D eigenvalue weighted by Gasteiger charge is 2.32. The largest absolute Gasteiger partial charge is 0.293 e. The Balaban J connectivity index is 1.60. The molecule has 2 aromatic carbocycles. The van der Waals surface area contributed by atoms with E-state index in [1.165, 1.54) is 22.2 Å². The summed E-state index contributed by atoms with van der Waals surface area (Å²) >= 11 is 6.41. The maximum absolute atomic E-state index is 14.1. The SMILES string of the molecule is Cc1ccccc1-n1c(SCC(=O)c2ccc(Br)cc2)nc2sc3c(c2c1=O)CC[C@H](C(C)(C)C)C3. The summed E-state index contributed by atoms with van der Waals surface area (Å²) in [5.74, 6) is 0.813. The second-order valence-corrected chi connectivity index (χ2v) is 13.5. The standard InChI is InChI=1S/C29H29BrN2O2S2/c1-17-7-5-6-8-22(17)32-27(34)25-21-14-11-19(29(2,3)4)15-24(21)36-26(25)31-28(32)35-16-23(33)18-9-12-20(30)13-10-18/h5-10,12-13,19H,11,14-16H2,1-4H3/t19-/m0/s1. The molecule has 186 valence electrons. The predicted molar refractivity (Wildman–Crippen MR) is 154 cm³/mol. The highest BCUT2D eigenvalue weighted by molar-refractivity contribution is 9.10. The molecule has 0 saturated carbocycles. The van der Waals surface area contributed by atoms with Crippen LogP contribution in [-0.2, 0) is 12.8 Å². The van der Waals surface area contributed by atoms with E-state index in [-0.39, 0.29) is 22.5 Å². The summed E-state index contributed by atoms with van der Waals surface area (Å²) in [4.78, 5) is 34.1. The number of thioether (sulfide) groups is 1. The van der Waals surface area contributed by atoms with E-state index in [0.717, 1.165) is 45.2 Å². The fourth-order valence-electron chi connectivity index (χ4n) is 4.92. The Bertz CT molecular complexity index is 1510. The number of benzene rings is 2. The minimum Gasteiger partial charge on any atom is -0.293 e. The molecular weight excluding hydrogens is 552 g/mol. The molecule has 0 unspecified atom stereocenters. The molecule has 0 radical (unpaired) electrons.